The summed E-state index contributed by atoms with van der Waals surface area (Å²) in [6.45, 7) is 1.96. The monoisotopic (exact) mass is 362 g/mol. The van der Waals surface area contributed by atoms with E-state index >= 15 is 0 Å². The Balaban J connectivity index is 1.22. The highest BCUT2D eigenvalue weighted by Gasteiger charge is 2.47. The molecule has 3 fully saturated rings. The maximum absolute atomic E-state index is 12.3. The van der Waals surface area contributed by atoms with Crippen LogP contribution in [0.2, 0.25) is 0 Å². The van der Waals surface area contributed by atoms with Crippen LogP contribution >= 0.6 is 0 Å². The molecule has 1 spiro atoms. The Morgan fingerprint density at radius 1 is 1.46 bits per heavy atom. The molecule has 2 N–H and O–H groups in total. The largest absolute Gasteiger partial charge is 0.371 e. The number of H-pyrrole nitrogens is 1. The molecule has 0 aromatic carbocycles. The van der Waals surface area contributed by atoms with E-state index in [1.54, 1.807) is 12.4 Å². The zero-order chi connectivity index (χ0) is 18.0. The summed E-state index contributed by atoms with van der Waals surface area (Å²) >= 11 is 0. The number of aromatic amines is 1. The molecular formula is C18H26N4O4. The van der Waals surface area contributed by atoms with E-state index in [4.69, 9.17) is 9.47 Å². The maximum Gasteiger partial charge on any atom is 0.248 e. The van der Waals surface area contributed by atoms with Gasteiger partial charge in [0.25, 0.3) is 0 Å². The highest BCUT2D eigenvalue weighted by atomic mass is 16.5. The van der Waals surface area contributed by atoms with E-state index < -0.39 is 0 Å². The quantitative estimate of drug-likeness (QED) is 0.763. The molecule has 2 saturated heterocycles. The van der Waals surface area contributed by atoms with Crippen LogP contribution in [-0.4, -0.2) is 71.0 Å². The molecule has 2 amide bonds. The Bertz CT molecular complexity index is 646. The topological polar surface area (TPSA) is 96.5 Å². The van der Waals surface area contributed by atoms with Crippen molar-refractivity contribution in [2.24, 2.45) is 0 Å². The Hall–Kier alpha value is -1.93. The summed E-state index contributed by atoms with van der Waals surface area (Å²) in [5, 5.41) is 9.59. The summed E-state index contributed by atoms with van der Waals surface area (Å²) in [5.74, 6) is 0.0155. The average molecular weight is 362 g/mol. The van der Waals surface area contributed by atoms with Gasteiger partial charge in [0.05, 0.1) is 37.0 Å². The normalized spacial score (nSPS) is 28.5. The fourth-order valence-corrected chi connectivity index (χ4v) is 3.94. The number of nitrogens with one attached hydrogen (secondary N) is 2. The van der Waals surface area contributed by atoms with Gasteiger partial charge in [-0.15, -0.1) is 0 Å². The van der Waals surface area contributed by atoms with Crippen LogP contribution in [0.1, 0.15) is 37.7 Å². The third kappa shape index (κ3) is 3.91. The van der Waals surface area contributed by atoms with Crippen LogP contribution in [0.3, 0.4) is 0 Å². The highest BCUT2D eigenvalue weighted by molar-refractivity contribution is 5.79. The van der Waals surface area contributed by atoms with E-state index in [-0.39, 0.29) is 36.2 Å². The van der Waals surface area contributed by atoms with Crippen LogP contribution in [0.25, 0.3) is 0 Å². The van der Waals surface area contributed by atoms with Crippen molar-refractivity contribution in [3.05, 3.63) is 18.0 Å². The first-order valence-electron chi connectivity index (χ1n) is 9.42. The van der Waals surface area contributed by atoms with Gasteiger partial charge in [0.2, 0.25) is 11.8 Å². The zero-order valence-corrected chi connectivity index (χ0v) is 14.9. The number of ether oxygens (including phenoxy) is 2. The highest BCUT2D eigenvalue weighted by Crippen LogP contribution is 2.35. The van der Waals surface area contributed by atoms with Crippen LogP contribution in [0.5, 0.6) is 0 Å². The van der Waals surface area contributed by atoms with Crippen LogP contribution in [0.15, 0.2) is 12.4 Å². The van der Waals surface area contributed by atoms with Gasteiger partial charge in [-0.25, -0.2) is 0 Å². The van der Waals surface area contributed by atoms with Crippen molar-refractivity contribution in [1.29, 1.82) is 0 Å². The molecule has 8 heteroatoms. The van der Waals surface area contributed by atoms with Gasteiger partial charge < -0.3 is 19.7 Å². The molecule has 4 rings (SSSR count). The van der Waals surface area contributed by atoms with Crippen LogP contribution < -0.4 is 5.32 Å². The Kier molecular flexibility index (Phi) is 4.95. The molecule has 3 heterocycles. The van der Waals surface area contributed by atoms with Gasteiger partial charge in [0.15, 0.2) is 0 Å². The number of rotatable bonds is 6. The summed E-state index contributed by atoms with van der Waals surface area (Å²) in [7, 11) is 0. The number of aromatic nitrogens is 2. The number of carbonyl (C=O) groups is 2. The second kappa shape index (κ2) is 7.36. The van der Waals surface area contributed by atoms with E-state index in [1.807, 2.05) is 4.90 Å². The lowest BCUT2D eigenvalue weighted by Crippen LogP contribution is -2.40. The summed E-state index contributed by atoms with van der Waals surface area (Å²) in [6, 6.07) is -0.00400. The molecular weight excluding hydrogens is 336 g/mol. The van der Waals surface area contributed by atoms with Crippen molar-refractivity contribution in [3.63, 3.8) is 0 Å². The standard InChI is InChI=1S/C18H26N4O4/c23-16(6-13-8-19-20-9-13)21-14-7-18(26-10-14)4-5-22(12-18)17(24)11-25-15-2-1-3-15/h8-9,14-15H,1-7,10-12H2,(H,19,20)(H,21,23). The van der Waals surface area contributed by atoms with Crippen LogP contribution in [-0.2, 0) is 25.5 Å². The molecule has 3 aliphatic rings. The lowest BCUT2D eigenvalue weighted by atomic mass is 9.96. The molecule has 2 aliphatic heterocycles. The number of nitrogens with zero attached hydrogens (tertiary/aromatic N) is 2. The fraction of sp³-hybridized carbons (Fsp3) is 0.722. The Morgan fingerprint density at radius 3 is 3.08 bits per heavy atom. The molecule has 0 radical (unpaired) electrons. The Labute approximate surface area is 152 Å². The van der Waals surface area contributed by atoms with Crippen molar-refractivity contribution >= 4 is 11.8 Å². The molecule has 1 saturated carbocycles. The molecule has 142 valence electrons. The SMILES string of the molecule is O=C(Cc1cn[nH]c1)NC1COC2(CCN(C(=O)COC3CCC3)C2)C1. The molecule has 1 aliphatic carbocycles. The van der Waals surface area contributed by atoms with Gasteiger partial charge in [0.1, 0.15) is 6.61 Å². The van der Waals surface area contributed by atoms with E-state index in [0.717, 1.165) is 31.2 Å². The van der Waals surface area contributed by atoms with Gasteiger partial charge >= 0.3 is 0 Å². The smallest absolute Gasteiger partial charge is 0.248 e. The lowest BCUT2D eigenvalue weighted by molar-refractivity contribution is -0.140. The molecule has 8 nitrogen and oxygen atoms in total. The minimum Gasteiger partial charge on any atom is -0.371 e. The molecule has 2 atom stereocenters. The van der Waals surface area contributed by atoms with Crippen LogP contribution in [0.4, 0.5) is 0 Å². The fourth-order valence-electron chi connectivity index (χ4n) is 3.94. The Morgan fingerprint density at radius 2 is 2.35 bits per heavy atom. The number of amides is 2. The number of likely N-dealkylation sites (tertiary alicyclic amines) is 1. The summed E-state index contributed by atoms with van der Waals surface area (Å²) in [4.78, 5) is 26.3. The van der Waals surface area contributed by atoms with Gasteiger partial charge in [-0.1, -0.05) is 0 Å². The van der Waals surface area contributed by atoms with Crippen LogP contribution in [0, 0.1) is 0 Å². The first-order valence-corrected chi connectivity index (χ1v) is 9.42. The molecule has 1 aromatic heterocycles. The van der Waals surface area contributed by atoms with Gasteiger partial charge in [-0.3, -0.25) is 14.7 Å². The molecule has 0 bridgehead atoms. The maximum atomic E-state index is 12.3. The first kappa shape index (κ1) is 17.5. The minimum atomic E-state index is -0.320. The van der Waals surface area contributed by atoms with E-state index in [2.05, 4.69) is 15.5 Å². The second-order valence-electron chi connectivity index (χ2n) is 7.68. The van der Waals surface area contributed by atoms with Crippen molar-refractivity contribution < 1.29 is 19.1 Å². The van der Waals surface area contributed by atoms with Gasteiger partial charge in [-0.2, -0.15) is 5.10 Å². The minimum absolute atomic E-state index is 0.00400. The molecule has 2 unspecified atom stereocenters. The summed E-state index contributed by atoms with van der Waals surface area (Å²) < 4.78 is 11.7. The van der Waals surface area contributed by atoms with Gasteiger partial charge in [0, 0.05) is 25.7 Å². The van der Waals surface area contributed by atoms with E-state index in [1.165, 1.54) is 6.42 Å². The number of hydrogen-bond acceptors (Lipinski definition) is 5. The van der Waals surface area contributed by atoms with Crippen molar-refractivity contribution in [1.82, 2.24) is 20.4 Å². The second-order valence-corrected chi connectivity index (χ2v) is 7.68. The summed E-state index contributed by atoms with van der Waals surface area (Å²) in [6.07, 6.45) is 8.86. The zero-order valence-electron chi connectivity index (χ0n) is 14.9. The average Bonchev–Trinajstić information content (AvgIpc) is 3.29. The third-order valence-electron chi connectivity index (χ3n) is 5.66. The van der Waals surface area contributed by atoms with Crippen molar-refractivity contribution in [2.45, 2.75) is 56.3 Å². The molecule has 26 heavy (non-hydrogen) atoms. The first-order chi connectivity index (χ1) is 12.6. The summed E-state index contributed by atoms with van der Waals surface area (Å²) in [5.41, 5.74) is 0.542. The van der Waals surface area contributed by atoms with E-state index in [9.17, 15) is 9.59 Å². The number of hydrogen-bond donors (Lipinski definition) is 2. The number of carbonyl (C=O) groups excluding carboxylic acids is 2. The van der Waals surface area contributed by atoms with Gasteiger partial charge in [-0.05, 0) is 31.2 Å². The van der Waals surface area contributed by atoms with Crippen molar-refractivity contribution in [2.75, 3.05) is 26.3 Å². The molecule has 1 aromatic rings. The van der Waals surface area contributed by atoms with Crippen molar-refractivity contribution in [3.8, 4) is 0 Å². The van der Waals surface area contributed by atoms with E-state index in [0.29, 0.717) is 26.1 Å². The predicted molar refractivity (Wildman–Crippen MR) is 92.3 cm³/mol. The predicted octanol–water partition coefficient (Wildman–Crippen LogP) is 0.397. The third-order valence-corrected chi connectivity index (χ3v) is 5.66. The lowest BCUT2D eigenvalue weighted by Gasteiger charge is -2.27.